The molecule has 1 N–H and O–H groups in total. The Hall–Kier alpha value is -1.24. The van der Waals surface area contributed by atoms with Crippen LogP contribution < -0.4 is 0 Å². The van der Waals surface area contributed by atoms with E-state index in [0.717, 1.165) is 0 Å². The molecule has 4 nitrogen and oxygen atoms in total. The number of carboxylic acid groups (broad SMARTS) is 1. The van der Waals surface area contributed by atoms with Gasteiger partial charge in [-0.1, -0.05) is 0 Å². The summed E-state index contributed by atoms with van der Waals surface area (Å²) in [6.45, 7) is 6.27. The van der Waals surface area contributed by atoms with E-state index in [2.05, 4.69) is 9.58 Å². The standard InChI is InChI=1S/C4H5NO3/c1-5-2-3-8-4(6)7/h2-3H2,(H,6,7). The third kappa shape index (κ3) is 4.76. The van der Waals surface area contributed by atoms with Crippen molar-refractivity contribution in [2.45, 2.75) is 0 Å². The molecule has 0 aliphatic rings. The van der Waals surface area contributed by atoms with Crippen molar-refractivity contribution in [1.29, 1.82) is 0 Å². The van der Waals surface area contributed by atoms with E-state index in [1.165, 1.54) is 0 Å². The molecule has 8 heavy (non-hydrogen) atoms. The third-order valence-corrected chi connectivity index (χ3v) is 0.429. The predicted octanol–water partition coefficient (Wildman–Crippen LogP) is 0.600. The second kappa shape index (κ2) is 3.93. The zero-order chi connectivity index (χ0) is 6.41. The van der Waals surface area contributed by atoms with Crippen LogP contribution in [0, 0.1) is 6.57 Å². The summed E-state index contributed by atoms with van der Waals surface area (Å²) in [6.07, 6.45) is -1.33. The first-order valence-corrected chi connectivity index (χ1v) is 1.96. The molecule has 0 aromatic rings. The van der Waals surface area contributed by atoms with Gasteiger partial charge in [-0.2, -0.15) is 0 Å². The number of ether oxygens (including phenoxy) is 1. The van der Waals surface area contributed by atoms with E-state index in [0.29, 0.717) is 0 Å². The average Bonchev–Trinajstić information content (AvgIpc) is 1.66. The minimum absolute atomic E-state index is 0.0289. The van der Waals surface area contributed by atoms with E-state index < -0.39 is 6.16 Å². The van der Waals surface area contributed by atoms with Crippen LogP contribution in [0.5, 0.6) is 0 Å². The second-order valence-electron chi connectivity index (χ2n) is 0.996. The molecule has 0 aromatic heterocycles. The smallest absolute Gasteiger partial charge is 0.450 e. The van der Waals surface area contributed by atoms with Crippen LogP contribution >= 0.6 is 0 Å². The van der Waals surface area contributed by atoms with Crippen molar-refractivity contribution in [2.75, 3.05) is 13.2 Å². The van der Waals surface area contributed by atoms with Crippen LogP contribution in [-0.2, 0) is 4.74 Å². The lowest BCUT2D eigenvalue weighted by Gasteiger charge is -1.89. The van der Waals surface area contributed by atoms with Gasteiger partial charge in [0.1, 0.15) is 0 Å². The van der Waals surface area contributed by atoms with Gasteiger partial charge in [0, 0.05) is 0 Å². The molecule has 0 aliphatic heterocycles. The van der Waals surface area contributed by atoms with Gasteiger partial charge in [-0.3, -0.25) is 0 Å². The Labute approximate surface area is 46.5 Å². The normalized spacial score (nSPS) is 7.38. The molecule has 0 saturated carbocycles. The highest BCUT2D eigenvalue weighted by Gasteiger charge is 1.94. The Bertz CT molecular complexity index is 115. The number of hydrogen-bond donors (Lipinski definition) is 1. The molecule has 0 bridgehead atoms. The molecular weight excluding hydrogens is 110 g/mol. The van der Waals surface area contributed by atoms with Crippen molar-refractivity contribution in [3.8, 4) is 0 Å². The van der Waals surface area contributed by atoms with Crippen molar-refractivity contribution < 1.29 is 14.6 Å². The van der Waals surface area contributed by atoms with E-state index >= 15 is 0 Å². The molecule has 44 valence electrons. The largest absolute Gasteiger partial charge is 0.506 e. The number of hydrogen-bond acceptors (Lipinski definition) is 2. The predicted molar refractivity (Wildman–Crippen MR) is 25.4 cm³/mol. The van der Waals surface area contributed by atoms with Crippen molar-refractivity contribution in [2.24, 2.45) is 0 Å². The molecule has 0 aliphatic carbocycles. The first kappa shape index (κ1) is 6.76. The highest BCUT2D eigenvalue weighted by Crippen LogP contribution is 1.75. The van der Waals surface area contributed by atoms with Crippen molar-refractivity contribution in [3.63, 3.8) is 0 Å². The quantitative estimate of drug-likeness (QED) is 0.325. The third-order valence-electron chi connectivity index (χ3n) is 0.429. The van der Waals surface area contributed by atoms with Crippen molar-refractivity contribution in [3.05, 3.63) is 11.4 Å². The SMILES string of the molecule is [C-]#[N+]CCOC(=O)O. The summed E-state index contributed by atoms with van der Waals surface area (Å²) in [4.78, 5) is 12.4. The molecule has 0 rings (SSSR count). The topological polar surface area (TPSA) is 50.9 Å². The minimum Gasteiger partial charge on any atom is -0.450 e. The highest BCUT2D eigenvalue weighted by molar-refractivity contribution is 5.56. The van der Waals surface area contributed by atoms with Gasteiger partial charge in [-0.05, 0) is 0 Å². The summed E-state index contributed by atoms with van der Waals surface area (Å²) in [5.41, 5.74) is 0. The Kier molecular flexibility index (Phi) is 3.32. The molecular formula is C4H5NO3. The molecule has 0 spiro atoms. The first-order chi connectivity index (χ1) is 3.77. The van der Waals surface area contributed by atoms with Gasteiger partial charge in [-0.15, -0.1) is 0 Å². The Morgan fingerprint density at radius 3 is 2.88 bits per heavy atom. The maximum Gasteiger partial charge on any atom is 0.506 e. The molecule has 0 unspecified atom stereocenters. The van der Waals surface area contributed by atoms with Crippen LogP contribution in [0.15, 0.2) is 0 Å². The Morgan fingerprint density at radius 2 is 2.50 bits per heavy atom. The number of rotatable bonds is 2. The molecule has 0 heterocycles. The molecule has 0 radical (unpaired) electrons. The fourth-order valence-electron chi connectivity index (χ4n) is 0.179. The van der Waals surface area contributed by atoms with E-state index in [4.69, 9.17) is 11.7 Å². The maximum absolute atomic E-state index is 9.55. The highest BCUT2D eigenvalue weighted by atomic mass is 16.7. The number of nitrogens with zero attached hydrogens (tertiary/aromatic N) is 1. The van der Waals surface area contributed by atoms with E-state index in [1.54, 1.807) is 0 Å². The second-order valence-corrected chi connectivity index (χ2v) is 0.996. The van der Waals surface area contributed by atoms with Crippen LogP contribution in [0.1, 0.15) is 0 Å². The van der Waals surface area contributed by atoms with Gasteiger partial charge in [-0.25, -0.2) is 11.4 Å². The fourth-order valence-corrected chi connectivity index (χ4v) is 0.179. The molecule has 0 saturated heterocycles. The molecule has 0 fully saturated rings. The lowest BCUT2D eigenvalue weighted by molar-refractivity contribution is 0.0959. The monoisotopic (exact) mass is 115 g/mol. The van der Waals surface area contributed by atoms with Crippen LogP contribution in [0.25, 0.3) is 4.85 Å². The summed E-state index contributed by atoms with van der Waals surface area (Å²) in [5, 5.41) is 7.81. The van der Waals surface area contributed by atoms with Crippen LogP contribution in [-0.4, -0.2) is 24.4 Å². The van der Waals surface area contributed by atoms with Crippen LogP contribution in [0.4, 0.5) is 4.79 Å². The van der Waals surface area contributed by atoms with Gasteiger partial charge in [0.05, 0.1) is 0 Å². The molecule has 0 atom stereocenters. The molecule has 4 heteroatoms. The van der Waals surface area contributed by atoms with Gasteiger partial charge < -0.3 is 14.7 Å². The zero-order valence-corrected chi connectivity index (χ0v) is 4.13. The Morgan fingerprint density at radius 1 is 1.88 bits per heavy atom. The van der Waals surface area contributed by atoms with Gasteiger partial charge >= 0.3 is 6.16 Å². The lowest BCUT2D eigenvalue weighted by atomic mass is 10.7. The van der Waals surface area contributed by atoms with E-state index in [-0.39, 0.29) is 13.2 Å². The van der Waals surface area contributed by atoms with Crippen molar-refractivity contribution >= 4 is 6.16 Å². The van der Waals surface area contributed by atoms with Gasteiger partial charge in [0.2, 0.25) is 6.54 Å². The van der Waals surface area contributed by atoms with Crippen LogP contribution in [0.3, 0.4) is 0 Å². The van der Waals surface area contributed by atoms with Crippen LogP contribution in [0.2, 0.25) is 0 Å². The lowest BCUT2D eigenvalue weighted by Crippen LogP contribution is -2.02. The molecule has 0 amide bonds. The minimum atomic E-state index is -1.33. The van der Waals surface area contributed by atoms with E-state index in [1.807, 2.05) is 0 Å². The summed E-state index contributed by atoms with van der Waals surface area (Å²) in [5.74, 6) is 0. The fraction of sp³-hybridized carbons (Fsp3) is 0.500. The summed E-state index contributed by atoms with van der Waals surface area (Å²) in [6, 6.07) is 0. The Balaban J connectivity index is 2.97. The average molecular weight is 115 g/mol. The summed E-state index contributed by atoms with van der Waals surface area (Å²) >= 11 is 0. The zero-order valence-electron chi connectivity index (χ0n) is 4.13. The van der Waals surface area contributed by atoms with E-state index in [9.17, 15) is 4.79 Å². The summed E-state index contributed by atoms with van der Waals surface area (Å²) in [7, 11) is 0. The van der Waals surface area contributed by atoms with Gasteiger partial charge in [0.25, 0.3) is 0 Å². The molecule has 0 aromatic carbocycles. The summed E-state index contributed by atoms with van der Waals surface area (Å²) < 4.78 is 3.99. The number of carbonyl (C=O) groups is 1. The van der Waals surface area contributed by atoms with Crippen molar-refractivity contribution in [1.82, 2.24) is 0 Å². The first-order valence-electron chi connectivity index (χ1n) is 1.96. The van der Waals surface area contributed by atoms with Gasteiger partial charge in [0.15, 0.2) is 6.61 Å². The maximum atomic E-state index is 9.55.